The molecular formula is C23H26O6. The molecule has 1 unspecified atom stereocenters. The van der Waals surface area contributed by atoms with E-state index >= 15 is 0 Å². The number of carboxylic acids is 1. The highest BCUT2D eigenvalue weighted by Gasteiger charge is 2.32. The lowest BCUT2D eigenvalue weighted by Gasteiger charge is -2.33. The summed E-state index contributed by atoms with van der Waals surface area (Å²) in [4.78, 5) is 11.5. The Kier molecular flexibility index (Phi) is 5.46. The van der Waals surface area contributed by atoms with Gasteiger partial charge in [0.15, 0.2) is 11.5 Å². The number of carboxylic acid groups (broad SMARTS) is 1. The summed E-state index contributed by atoms with van der Waals surface area (Å²) in [5.41, 5.74) is 1.19. The number of fused-ring (bicyclic) bond motifs is 3. The Hall–Kier alpha value is -3.15. The van der Waals surface area contributed by atoms with E-state index < -0.39 is 11.6 Å². The van der Waals surface area contributed by atoms with Gasteiger partial charge in [-0.3, -0.25) is 0 Å². The molecule has 6 nitrogen and oxygen atoms in total. The number of aromatic carboxylic acids is 1. The van der Waals surface area contributed by atoms with E-state index in [9.17, 15) is 15.0 Å². The largest absolute Gasteiger partial charge is 0.506 e. The molecule has 1 heterocycles. The molecule has 0 saturated heterocycles. The van der Waals surface area contributed by atoms with Gasteiger partial charge in [-0.25, -0.2) is 4.79 Å². The molecule has 0 radical (unpaired) electrons. The van der Waals surface area contributed by atoms with E-state index in [4.69, 9.17) is 14.2 Å². The third-order valence-electron chi connectivity index (χ3n) is 5.12. The molecule has 0 aliphatic carbocycles. The zero-order valence-corrected chi connectivity index (χ0v) is 17.3. The van der Waals surface area contributed by atoms with Crippen LogP contribution in [0.2, 0.25) is 0 Å². The summed E-state index contributed by atoms with van der Waals surface area (Å²) in [6.45, 7) is 6.14. The van der Waals surface area contributed by atoms with Crippen molar-refractivity contribution in [3.63, 3.8) is 0 Å². The molecule has 6 heteroatoms. The van der Waals surface area contributed by atoms with E-state index in [0.29, 0.717) is 33.6 Å². The summed E-state index contributed by atoms with van der Waals surface area (Å²) < 4.78 is 17.3. The third kappa shape index (κ3) is 3.75. The van der Waals surface area contributed by atoms with Gasteiger partial charge >= 0.3 is 5.97 Å². The number of rotatable bonds is 6. The van der Waals surface area contributed by atoms with Crippen molar-refractivity contribution >= 4 is 22.8 Å². The van der Waals surface area contributed by atoms with E-state index in [1.165, 1.54) is 25.9 Å². The number of allylic oxidation sites excluding steroid dienone is 2. The van der Waals surface area contributed by atoms with Crippen LogP contribution < -0.4 is 14.2 Å². The minimum atomic E-state index is -1.24. The van der Waals surface area contributed by atoms with Crippen molar-refractivity contribution in [2.45, 2.75) is 39.2 Å². The molecule has 0 spiro atoms. The number of ether oxygens (including phenoxy) is 3. The molecule has 29 heavy (non-hydrogen) atoms. The van der Waals surface area contributed by atoms with Crippen LogP contribution in [0.4, 0.5) is 0 Å². The lowest BCUT2D eigenvalue weighted by molar-refractivity contribution is 0.0693. The van der Waals surface area contributed by atoms with Crippen molar-refractivity contribution in [1.29, 1.82) is 0 Å². The zero-order valence-electron chi connectivity index (χ0n) is 17.3. The second-order valence-corrected chi connectivity index (χ2v) is 7.59. The summed E-state index contributed by atoms with van der Waals surface area (Å²) in [7, 11) is 2.98. The Balaban J connectivity index is 2.21. The van der Waals surface area contributed by atoms with Crippen LogP contribution in [0.15, 0.2) is 29.9 Å². The molecule has 1 aliphatic rings. The van der Waals surface area contributed by atoms with Crippen LogP contribution in [0.1, 0.15) is 49.5 Å². The van der Waals surface area contributed by atoms with E-state index in [2.05, 4.69) is 19.9 Å². The van der Waals surface area contributed by atoms with Crippen molar-refractivity contribution in [2.24, 2.45) is 0 Å². The van der Waals surface area contributed by atoms with E-state index in [1.807, 2.05) is 19.1 Å². The molecule has 2 aromatic carbocycles. The maximum absolute atomic E-state index is 11.5. The van der Waals surface area contributed by atoms with Crippen LogP contribution in [-0.4, -0.2) is 36.0 Å². The second kappa shape index (κ2) is 7.70. The van der Waals surface area contributed by atoms with Gasteiger partial charge in [-0.2, -0.15) is 0 Å². The number of benzene rings is 2. The second-order valence-electron chi connectivity index (χ2n) is 7.59. The first kappa shape index (κ1) is 20.6. The zero-order chi connectivity index (χ0) is 21.3. The van der Waals surface area contributed by atoms with Crippen molar-refractivity contribution in [3.8, 4) is 23.0 Å². The van der Waals surface area contributed by atoms with Gasteiger partial charge in [-0.15, -0.1) is 0 Å². The first-order chi connectivity index (χ1) is 13.7. The molecule has 0 amide bonds. The van der Waals surface area contributed by atoms with Crippen molar-refractivity contribution in [2.75, 3.05) is 14.2 Å². The normalized spacial score (nSPS) is 17.4. The summed E-state index contributed by atoms with van der Waals surface area (Å²) in [5, 5.41) is 20.9. The molecular weight excluding hydrogens is 372 g/mol. The molecule has 0 saturated carbocycles. The molecule has 0 fully saturated rings. The predicted octanol–water partition coefficient (Wildman–Crippen LogP) is 5.17. The molecule has 1 atom stereocenters. The van der Waals surface area contributed by atoms with Gasteiger partial charge in [0.2, 0.25) is 0 Å². The summed E-state index contributed by atoms with van der Waals surface area (Å²) in [6.07, 6.45) is 7.74. The number of methoxy groups -OCH3 is 2. The Morgan fingerprint density at radius 1 is 1.21 bits per heavy atom. The summed E-state index contributed by atoms with van der Waals surface area (Å²) in [5.74, 6) is -0.263. The molecule has 0 bridgehead atoms. The highest BCUT2D eigenvalue weighted by Crippen LogP contribution is 2.49. The molecule has 1 aliphatic heterocycles. The molecule has 2 aromatic rings. The van der Waals surface area contributed by atoms with Crippen LogP contribution in [0.5, 0.6) is 23.0 Å². The smallest absolute Gasteiger partial charge is 0.339 e. The number of carbonyl (C=O) groups is 1. The van der Waals surface area contributed by atoms with E-state index in [-0.39, 0.29) is 11.3 Å². The average molecular weight is 398 g/mol. The first-order valence-corrected chi connectivity index (χ1v) is 9.40. The summed E-state index contributed by atoms with van der Waals surface area (Å²) >= 11 is 0. The van der Waals surface area contributed by atoms with E-state index in [0.717, 1.165) is 12.8 Å². The quantitative estimate of drug-likeness (QED) is 0.653. The van der Waals surface area contributed by atoms with Gasteiger partial charge in [0.1, 0.15) is 22.7 Å². The van der Waals surface area contributed by atoms with Crippen molar-refractivity contribution in [3.05, 3.63) is 41.0 Å². The van der Waals surface area contributed by atoms with Gasteiger partial charge in [0, 0.05) is 16.3 Å². The average Bonchev–Trinajstić information content (AvgIpc) is 2.66. The molecule has 3 rings (SSSR count). The van der Waals surface area contributed by atoms with Crippen LogP contribution in [-0.2, 0) is 0 Å². The molecule has 2 N–H and O–H groups in total. The number of phenols is 1. The monoisotopic (exact) mass is 398 g/mol. The predicted molar refractivity (Wildman–Crippen MR) is 112 cm³/mol. The summed E-state index contributed by atoms with van der Waals surface area (Å²) in [6, 6.07) is 2.91. The fourth-order valence-corrected chi connectivity index (χ4v) is 3.58. The van der Waals surface area contributed by atoms with Crippen LogP contribution in [0.25, 0.3) is 16.8 Å². The minimum absolute atomic E-state index is 0.233. The SMILES string of the molecule is COc1cc2c(O)c(C(=O)O)cc(OC)c2c2c1OC(C)(CCC=C(C)C)C=C2. The topological polar surface area (TPSA) is 85.2 Å². The van der Waals surface area contributed by atoms with Crippen LogP contribution >= 0.6 is 0 Å². The Morgan fingerprint density at radius 3 is 2.48 bits per heavy atom. The maximum atomic E-state index is 11.5. The van der Waals surface area contributed by atoms with Crippen molar-refractivity contribution in [1.82, 2.24) is 0 Å². The first-order valence-electron chi connectivity index (χ1n) is 9.40. The number of hydrogen-bond acceptors (Lipinski definition) is 5. The van der Waals surface area contributed by atoms with Gasteiger partial charge in [0.05, 0.1) is 14.2 Å². The Bertz CT molecular complexity index is 1030. The van der Waals surface area contributed by atoms with Crippen molar-refractivity contribution < 1.29 is 29.2 Å². The number of hydrogen-bond donors (Lipinski definition) is 2. The van der Waals surface area contributed by atoms with Gasteiger partial charge < -0.3 is 24.4 Å². The van der Waals surface area contributed by atoms with Crippen LogP contribution in [0.3, 0.4) is 0 Å². The number of aromatic hydroxyl groups is 1. The highest BCUT2D eigenvalue weighted by molar-refractivity contribution is 6.08. The van der Waals surface area contributed by atoms with Crippen LogP contribution in [0, 0.1) is 0 Å². The fourth-order valence-electron chi connectivity index (χ4n) is 3.58. The minimum Gasteiger partial charge on any atom is -0.506 e. The van der Waals surface area contributed by atoms with E-state index in [1.54, 1.807) is 6.07 Å². The Morgan fingerprint density at radius 2 is 1.90 bits per heavy atom. The maximum Gasteiger partial charge on any atom is 0.339 e. The highest BCUT2D eigenvalue weighted by atomic mass is 16.5. The standard InChI is InChI=1S/C23H26O6/c1-13(2)7-6-9-23(3)10-8-14-19-15(11-18(28-5)21(14)29-23)20(24)16(22(25)26)12-17(19)27-4/h7-8,10-12,24H,6,9H2,1-5H3,(H,25,26). The Labute approximate surface area is 170 Å². The lowest BCUT2D eigenvalue weighted by Crippen LogP contribution is -2.32. The molecule has 154 valence electrons. The third-order valence-corrected chi connectivity index (χ3v) is 5.12. The lowest BCUT2D eigenvalue weighted by atomic mass is 9.91. The van der Waals surface area contributed by atoms with Gasteiger partial charge in [-0.1, -0.05) is 17.7 Å². The molecule has 0 aromatic heterocycles. The van der Waals surface area contributed by atoms with Gasteiger partial charge in [-0.05, 0) is 51.8 Å². The fraction of sp³-hybridized carbons (Fsp3) is 0.348. The van der Waals surface area contributed by atoms with Gasteiger partial charge in [0.25, 0.3) is 0 Å².